The molecule has 0 spiro atoms. The van der Waals surface area contributed by atoms with Crippen LogP contribution >= 0.6 is 0 Å². The molecule has 6 nitrogen and oxygen atoms in total. The van der Waals surface area contributed by atoms with Gasteiger partial charge in [0.1, 0.15) is 0 Å². The van der Waals surface area contributed by atoms with Crippen molar-refractivity contribution in [3.8, 4) is 0 Å². The largest absolute Gasteiger partial charge is 0.348 e. The van der Waals surface area contributed by atoms with Crippen LogP contribution in [-0.4, -0.2) is 25.4 Å². The SMILES string of the molecule is Cn1cnc2cc(CNC(=O)c3ccc4nc[nH]c4c3)ccc21. The average molecular weight is 305 g/mol. The van der Waals surface area contributed by atoms with Crippen LogP contribution in [0.25, 0.3) is 22.1 Å². The van der Waals surface area contributed by atoms with Gasteiger partial charge in [-0.05, 0) is 35.9 Å². The number of nitrogens with zero attached hydrogens (tertiary/aromatic N) is 3. The zero-order valence-electron chi connectivity index (χ0n) is 12.6. The molecule has 4 rings (SSSR count). The summed E-state index contributed by atoms with van der Waals surface area (Å²) in [6.45, 7) is 0.465. The number of hydrogen-bond donors (Lipinski definition) is 2. The molecule has 0 aliphatic heterocycles. The van der Waals surface area contributed by atoms with Crippen LogP contribution in [0, 0.1) is 0 Å². The Kier molecular flexibility index (Phi) is 3.08. The lowest BCUT2D eigenvalue weighted by molar-refractivity contribution is 0.0951. The minimum atomic E-state index is -0.109. The van der Waals surface area contributed by atoms with E-state index in [0.29, 0.717) is 12.1 Å². The van der Waals surface area contributed by atoms with Crippen LogP contribution in [0.1, 0.15) is 15.9 Å². The highest BCUT2D eigenvalue weighted by Crippen LogP contribution is 2.14. The second kappa shape index (κ2) is 5.24. The van der Waals surface area contributed by atoms with Gasteiger partial charge in [0, 0.05) is 19.2 Å². The van der Waals surface area contributed by atoms with E-state index in [1.165, 1.54) is 0 Å². The van der Waals surface area contributed by atoms with Crippen molar-refractivity contribution < 1.29 is 4.79 Å². The Balaban J connectivity index is 1.51. The zero-order valence-corrected chi connectivity index (χ0v) is 12.6. The normalized spacial score (nSPS) is 11.2. The van der Waals surface area contributed by atoms with Gasteiger partial charge in [-0.2, -0.15) is 0 Å². The summed E-state index contributed by atoms with van der Waals surface area (Å²) in [6, 6.07) is 11.4. The van der Waals surface area contributed by atoms with Crippen molar-refractivity contribution in [1.29, 1.82) is 0 Å². The van der Waals surface area contributed by atoms with Gasteiger partial charge in [-0.15, -0.1) is 0 Å². The lowest BCUT2D eigenvalue weighted by Crippen LogP contribution is -2.22. The number of amides is 1. The molecule has 0 aliphatic carbocycles. The summed E-state index contributed by atoms with van der Waals surface area (Å²) in [7, 11) is 1.96. The maximum absolute atomic E-state index is 12.3. The van der Waals surface area contributed by atoms with E-state index in [2.05, 4.69) is 20.3 Å². The van der Waals surface area contributed by atoms with E-state index >= 15 is 0 Å². The summed E-state index contributed by atoms with van der Waals surface area (Å²) in [4.78, 5) is 23.8. The van der Waals surface area contributed by atoms with Gasteiger partial charge in [0.25, 0.3) is 5.91 Å². The number of aromatic amines is 1. The van der Waals surface area contributed by atoms with E-state index in [0.717, 1.165) is 27.6 Å². The summed E-state index contributed by atoms with van der Waals surface area (Å²) < 4.78 is 1.97. The van der Waals surface area contributed by atoms with E-state index in [-0.39, 0.29) is 5.91 Å². The smallest absolute Gasteiger partial charge is 0.251 e. The quantitative estimate of drug-likeness (QED) is 0.610. The molecule has 114 valence electrons. The minimum absolute atomic E-state index is 0.109. The van der Waals surface area contributed by atoms with Crippen molar-refractivity contribution in [3.63, 3.8) is 0 Å². The fourth-order valence-corrected chi connectivity index (χ4v) is 2.65. The fourth-order valence-electron chi connectivity index (χ4n) is 2.65. The van der Waals surface area contributed by atoms with Crippen LogP contribution in [0.15, 0.2) is 49.1 Å². The van der Waals surface area contributed by atoms with Crippen molar-refractivity contribution in [2.75, 3.05) is 0 Å². The van der Waals surface area contributed by atoms with Crippen LogP contribution in [0.3, 0.4) is 0 Å². The topological polar surface area (TPSA) is 75.6 Å². The number of carbonyl (C=O) groups excluding carboxylic acids is 1. The lowest BCUT2D eigenvalue weighted by atomic mass is 10.1. The lowest BCUT2D eigenvalue weighted by Gasteiger charge is -2.06. The third kappa shape index (κ3) is 2.44. The van der Waals surface area contributed by atoms with Crippen molar-refractivity contribution >= 4 is 28.0 Å². The molecule has 2 aromatic carbocycles. The van der Waals surface area contributed by atoms with Crippen LogP contribution < -0.4 is 5.32 Å². The molecule has 0 radical (unpaired) electrons. The van der Waals surface area contributed by atoms with Gasteiger partial charge in [0.05, 0.1) is 34.7 Å². The summed E-state index contributed by atoms with van der Waals surface area (Å²) in [5.74, 6) is -0.109. The Labute approximate surface area is 132 Å². The van der Waals surface area contributed by atoms with Crippen molar-refractivity contribution in [3.05, 3.63) is 60.2 Å². The Morgan fingerprint density at radius 1 is 1.17 bits per heavy atom. The van der Waals surface area contributed by atoms with E-state index in [1.54, 1.807) is 24.8 Å². The number of benzene rings is 2. The van der Waals surface area contributed by atoms with E-state index in [9.17, 15) is 4.79 Å². The minimum Gasteiger partial charge on any atom is -0.348 e. The molecule has 0 unspecified atom stereocenters. The van der Waals surface area contributed by atoms with Gasteiger partial charge in [0.15, 0.2) is 0 Å². The van der Waals surface area contributed by atoms with Gasteiger partial charge in [0.2, 0.25) is 0 Å². The Hall–Kier alpha value is -3.15. The molecule has 0 saturated carbocycles. The number of aromatic nitrogens is 4. The average Bonchev–Trinajstić information content (AvgIpc) is 3.18. The monoisotopic (exact) mass is 305 g/mol. The van der Waals surface area contributed by atoms with Gasteiger partial charge in [-0.3, -0.25) is 4.79 Å². The maximum Gasteiger partial charge on any atom is 0.251 e. The molecule has 0 fully saturated rings. The van der Waals surface area contributed by atoms with Crippen molar-refractivity contribution in [2.24, 2.45) is 7.05 Å². The number of fused-ring (bicyclic) bond motifs is 2. The zero-order chi connectivity index (χ0) is 15.8. The highest BCUT2D eigenvalue weighted by atomic mass is 16.1. The number of nitrogens with one attached hydrogen (secondary N) is 2. The molecule has 0 aliphatic rings. The number of H-pyrrole nitrogens is 1. The van der Waals surface area contributed by atoms with Crippen LogP contribution in [-0.2, 0) is 13.6 Å². The number of aryl methyl sites for hydroxylation is 1. The van der Waals surface area contributed by atoms with Gasteiger partial charge in [-0.1, -0.05) is 6.07 Å². The first-order chi connectivity index (χ1) is 11.2. The number of rotatable bonds is 3. The van der Waals surface area contributed by atoms with Crippen LogP contribution in [0.2, 0.25) is 0 Å². The van der Waals surface area contributed by atoms with E-state index < -0.39 is 0 Å². The van der Waals surface area contributed by atoms with Gasteiger partial charge in [-0.25, -0.2) is 9.97 Å². The predicted octanol–water partition coefficient (Wildman–Crippen LogP) is 2.38. The third-order valence-corrected chi connectivity index (χ3v) is 3.93. The predicted molar refractivity (Wildman–Crippen MR) is 88.0 cm³/mol. The molecule has 0 atom stereocenters. The maximum atomic E-state index is 12.3. The van der Waals surface area contributed by atoms with Crippen molar-refractivity contribution in [1.82, 2.24) is 24.8 Å². The molecular weight excluding hydrogens is 290 g/mol. The Bertz CT molecular complexity index is 1010. The molecule has 6 heteroatoms. The molecule has 4 aromatic rings. The summed E-state index contributed by atoms with van der Waals surface area (Å²) in [5, 5.41) is 2.94. The first kappa shape index (κ1) is 13.5. The molecule has 23 heavy (non-hydrogen) atoms. The molecule has 1 amide bonds. The molecular formula is C17H15N5O. The van der Waals surface area contributed by atoms with Crippen LogP contribution in [0.5, 0.6) is 0 Å². The van der Waals surface area contributed by atoms with Crippen LogP contribution in [0.4, 0.5) is 0 Å². The molecule has 2 heterocycles. The Morgan fingerprint density at radius 3 is 3.00 bits per heavy atom. The fraction of sp³-hybridized carbons (Fsp3) is 0.118. The molecule has 2 aromatic heterocycles. The number of hydrogen-bond acceptors (Lipinski definition) is 3. The van der Waals surface area contributed by atoms with Gasteiger partial charge < -0.3 is 14.9 Å². The highest BCUT2D eigenvalue weighted by molar-refractivity contribution is 5.97. The summed E-state index contributed by atoms with van der Waals surface area (Å²) >= 11 is 0. The highest BCUT2D eigenvalue weighted by Gasteiger charge is 2.08. The second-order valence-corrected chi connectivity index (χ2v) is 5.50. The second-order valence-electron chi connectivity index (χ2n) is 5.50. The molecule has 2 N–H and O–H groups in total. The molecule has 0 saturated heterocycles. The number of carbonyl (C=O) groups is 1. The summed E-state index contributed by atoms with van der Waals surface area (Å²) in [6.07, 6.45) is 3.40. The Morgan fingerprint density at radius 2 is 2.09 bits per heavy atom. The number of imidazole rings is 2. The first-order valence-electron chi connectivity index (χ1n) is 7.32. The molecule has 0 bridgehead atoms. The summed E-state index contributed by atoms with van der Waals surface area (Å²) in [5.41, 5.74) is 5.34. The van der Waals surface area contributed by atoms with Gasteiger partial charge >= 0.3 is 0 Å². The third-order valence-electron chi connectivity index (χ3n) is 3.93. The first-order valence-corrected chi connectivity index (χ1v) is 7.32. The van der Waals surface area contributed by atoms with Crippen molar-refractivity contribution in [2.45, 2.75) is 6.54 Å². The van der Waals surface area contributed by atoms with E-state index in [4.69, 9.17) is 0 Å². The standard InChI is InChI=1S/C17H15N5O/c1-22-10-21-15-6-11(2-5-16(15)22)8-18-17(23)12-3-4-13-14(7-12)20-9-19-13/h2-7,9-10H,8H2,1H3,(H,18,23)(H,19,20). The van der Waals surface area contributed by atoms with E-state index in [1.807, 2.05) is 35.9 Å².